The molecule has 0 aromatic heterocycles. The summed E-state index contributed by atoms with van der Waals surface area (Å²) in [6.45, 7) is 7.00. The Balaban J connectivity index is 1.62. The molecule has 1 aromatic carbocycles. The van der Waals surface area contributed by atoms with Crippen molar-refractivity contribution in [2.45, 2.75) is 46.1 Å². The average Bonchev–Trinajstić information content (AvgIpc) is 3.38. The molecule has 1 heterocycles. The van der Waals surface area contributed by atoms with Gasteiger partial charge in [0.25, 0.3) is 5.91 Å². The Kier molecular flexibility index (Phi) is 5.82. The summed E-state index contributed by atoms with van der Waals surface area (Å²) in [5.74, 6) is 0.465. The number of nitrogens with zero attached hydrogens (tertiary/aromatic N) is 1. The van der Waals surface area contributed by atoms with E-state index < -0.39 is 0 Å². The van der Waals surface area contributed by atoms with Crippen molar-refractivity contribution in [3.05, 3.63) is 29.8 Å². The summed E-state index contributed by atoms with van der Waals surface area (Å²) in [6.07, 6.45) is 2.68. The Labute approximate surface area is 160 Å². The molecule has 6 nitrogen and oxygen atoms in total. The highest BCUT2D eigenvalue weighted by Gasteiger charge is 2.39. The van der Waals surface area contributed by atoms with Crippen LogP contribution in [-0.4, -0.2) is 41.8 Å². The lowest BCUT2D eigenvalue weighted by Crippen LogP contribution is -2.50. The van der Waals surface area contributed by atoms with Crippen molar-refractivity contribution in [3.63, 3.8) is 0 Å². The standard InChI is InChI=1S/C21H29N3O3/c1-13(2)19(25)23-17-8-5-9-24(12-17)21(27)15-6-4-7-16(11-15)22-20(26)18-10-14(18)3/h4,6-7,11,13-14,17-18H,5,8-10,12H2,1-3H3,(H,22,26)(H,23,25)/t14-,17-,18+/m1/s1. The van der Waals surface area contributed by atoms with Crippen LogP contribution in [0.15, 0.2) is 24.3 Å². The maximum atomic E-state index is 12.9. The van der Waals surface area contributed by atoms with Gasteiger partial charge in [-0.2, -0.15) is 0 Å². The molecule has 3 rings (SSSR count). The molecule has 1 aromatic rings. The second-order valence-corrected chi connectivity index (χ2v) is 8.14. The molecular weight excluding hydrogens is 342 g/mol. The molecule has 27 heavy (non-hydrogen) atoms. The molecule has 146 valence electrons. The second kappa shape index (κ2) is 8.11. The number of likely N-dealkylation sites (tertiary alicyclic amines) is 1. The Bertz CT molecular complexity index is 731. The third kappa shape index (κ3) is 4.87. The van der Waals surface area contributed by atoms with Gasteiger partial charge in [0.1, 0.15) is 0 Å². The third-order valence-corrected chi connectivity index (χ3v) is 5.40. The maximum Gasteiger partial charge on any atom is 0.253 e. The van der Waals surface area contributed by atoms with E-state index in [1.165, 1.54) is 0 Å². The van der Waals surface area contributed by atoms with Gasteiger partial charge in [-0.3, -0.25) is 14.4 Å². The largest absolute Gasteiger partial charge is 0.351 e. The molecule has 1 saturated heterocycles. The maximum absolute atomic E-state index is 12.9. The van der Waals surface area contributed by atoms with Crippen LogP contribution in [0, 0.1) is 17.8 Å². The highest BCUT2D eigenvalue weighted by molar-refractivity contribution is 5.98. The van der Waals surface area contributed by atoms with E-state index in [4.69, 9.17) is 0 Å². The second-order valence-electron chi connectivity index (χ2n) is 8.14. The highest BCUT2D eigenvalue weighted by Crippen LogP contribution is 2.38. The van der Waals surface area contributed by atoms with E-state index in [1.807, 2.05) is 19.9 Å². The van der Waals surface area contributed by atoms with Crippen LogP contribution < -0.4 is 10.6 Å². The van der Waals surface area contributed by atoms with Crippen molar-refractivity contribution in [3.8, 4) is 0 Å². The predicted octanol–water partition coefficient (Wildman–Crippen LogP) is 2.66. The summed E-state index contributed by atoms with van der Waals surface area (Å²) in [6, 6.07) is 7.11. The van der Waals surface area contributed by atoms with Gasteiger partial charge in [-0.1, -0.05) is 26.8 Å². The SMILES string of the molecule is CC(C)C(=O)N[C@@H]1CCCN(C(=O)c2cccc(NC(=O)[C@H]3C[C@H]3C)c2)C1. The first-order valence-electron chi connectivity index (χ1n) is 9.85. The Morgan fingerprint density at radius 1 is 1.22 bits per heavy atom. The zero-order chi connectivity index (χ0) is 19.6. The van der Waals surface area contributed by atoms with Gasteiger partial charge in [0.05, 0.1) is 0 Å². The number of carbonyl (C=O) groups excluding carboxylic acids is 3. The number of hydrogen-bond donors (Lipinski definition) is 2. The summed E-state index contributed by atoms with van der Waals surface area (Å²) >= 11 is 0. The number of piperidine rings is 1. The first-order valence-corrected chi connectivity index (χ1v) is 9.85. The molecule has 0 spiro atoms. The Hall–Kier alpha value is -2.37. The highest BCUT2D eigenvalue weighted by atomic mass is 16.2. The molecule has 1 saturated carbocycles. The minimum absolute atomic E-state index is 0.00293. The molecule has 2 fully saturated rings. The van der Waals surface area contributed by atoms with E-state index in [0.717, 1.165) is 19.3 Å². The number of benzene rings is 1. The van der Waals surface area contributed by atoms with Crippen LogP contribution in [0.2, 0.25) is 0 Å². The molecule has 0 bridgehead atoms. The quantitative estimate of drug-likeness (QED) is 0.835. The molecule has 3 amide bonds. The monoisotopic (exact) mass is 371 g/mol. The summed E-state index contributed by atoms with van der Waals surface area (Å²) in [7, 11) is 0. The van der Waals surface area contributed by atoms with Crippen molar-refractivity contribution in [1.29, 1.82) is 0 Å². The van der Waals surface area contributed by atoms with E-state index >= 15 is 0 Å². The molecule has 1 aliphatic carbocycles. The first kappa shape index (κ1) is 19.4. The van der Waals surface area contributed by atoms with Gasteiger partial charge in [0.15, 0.2) is 0 Å². The van der Waals surface area contributed by atoms with Gasteiger partial charge in [0, 0.05) is 42.2 Å². The molecule has 0 radical (unpaired) electrons. The van der Waals surface area contributed by atoms with Crippen molar-refractivity contribution in [2.75, 3.05) is 18.4 Å². The van der Waals surface area contributed by atoms with Crippen molar-refractivity contribution < 1.29 is 14.4 Å². The van der Waals surface area contributed by atoms with E-state index in [2.05, 4.69) is 17.6 Å². The van der Waals surface area contributed by atoms with Crippen LogP contribution in [0.3, 0.4) is 0 Å². The van der Waals surface area contributed by atoms with E-state index in [0.29, 0.717) is 30.3 Å². The fraction of sp³-hybridized carbons (Fsp3) is 0.571. The van der Waals surface area contributed by atoms with E-state index in [9.17, 15) is 14.4 Å². The van der Waals surface area contributed by atoms with Gasteiger partial charge < -0.3 is 15.5 Å². The van der Waals surface area contributed by atoms with Gasteiger partial charge in [0.2, 0.25) is 11.8 Å². The van der Waals surface area contributed by atoms with Gasteiger partial charge in [-0.05, 0) is 43.4 Å². The smallest absolute Gasteiger partial charge is 0.253 e. The number of amides is 3. The Morgan fingerprint density at radius 3 is 2.63 bits per heavy atom. The van der Waals surface area contributed by atoms with Crippen LogP contribution in [0.4, 0.5) is 5.69 Å². The predicted molar refractivity (Wildman–Crippen MR) is 104 cm³/mol. The Morgan fingerprint density at radius 2 is 1.96 bits per heavy atom. The minimum atomic E-state index is -0.0643. The number of anilines is 1. The molecule has 3 atom stereocenters. The van der Waals surface area contributed by atoms with Gasteiger partial charge in [-0.25, -0.2) is 0 Å². The lowest BCUT2D eigenvalue weighted by Gasteiger charge is -2.33. The normalized spacial score (nSPS) is 24.4. The van der Waals surface area contributed by atoms with Crippen LogP contribution in [-0.2, 0) is 9.59 Å². The lowest BCUT2D eigenvalue weighted by atomic mass is 10.0. The fourth-order valence-corrected chi connectivity index (χ4v) is 3.48. The van der Waals surface area contributed by atoms with Crippen LogP contribution >= 0.6 is 0 Å². The summed E-state index contributed by atoms with van der Waals surface area (Å²) in [5.41, 5.74) is 1.22. The van der Waals surface area contributed by atoms with Crippen molar-refractivity contribution in [1.82, 2.24) is 10.2 Å². The summed E-state index contributed by atoms with van der Waals surface area (Å²) < 4.78 is 0. The van der Waals surface area contributed by atoms with Gasteiger partial charge >= 0.3 is 0 Å². The number of carbonyl (C=O) groups is 3. The lowest BCUT2D eigenvalue weighted by molar-refractivity contribution is -0.125. The molecule has 1 aliphatic heterocycles. The van der Waals surface area contributed by atoms with Crippen LogP contribution in [0.25, 0.3) is 0 Å². The van der Waals surface area contributed by atoms with E-state index in [1.54, 1.807) is 23.1 Å². The van der Waals surface area contributed by atoms with E-state index in [-0.39, 0.29) is 35.6 Å². The first-order chi connectivity index (χ1) is 12.8. The average molecular weight is 371 g/mol. The number of nitrogens with one attached hydrogen (secondary N) is 2. The molecule has 0 unspecified atom stereocenters. The van der Waals surface area contributed by atoms with Gasteiger partial charge in [-0.15, -0.1) is 0 Å². The van der Waals surface area contributed by atoms with Crippen molar-refractivity contribution in [2.24, 2.45) is 17.8 Å². The zero-order valence-corrected chi connectivity index (χ0v) is 16.3. The number of rotatable bonds is 5. The fourth-order valence-electron chi connectivity index (χ4n) is 3.48. The third-order valence-electron chi connectivity index (χ3n) is 5.40. The van der Waals surface area contributed by atoms with Crippen LogP contribution in [0.5, 0.6) is 0 Å². The zero-order valence-electron chi connectivity index (χ0n) is 16.3. The molecule has 2 N–H and O–H groups in total. The van der Waals surface area contributed by atoms with Crippen molar-refractivity contribution >= 4 is 23.4 Å². The molecule has 6 heteroatoms. The van der Waals surface area contributed by atoms with Crippen LogP contribution in [0.1, 0.15) is 50.4 Å². The molecule has 2 aliphatic rings. The molecular formula is C21H29N3O3. The topological polar surface area (TPSA) is 78.5 Å². The minimum Gasteiger partial charge on any atom is -0.351 e. The summed E-state index contributed by atoms with van der Waals surface area (Å²) in [5, 5.41) is 5.94. The summed E-state index contributed by atoms with van der Waals surface area (Å²) in [4.78, 5) is 38.7. The number of hydrogen-bond acceptors (Lipinski definition) is 3.